The summed E-state index contributed by atoms with van der Waals surface area (Å²) < 4.78 is 5.93. The van der Waals surface area contributed by atoms with E-state index in [0.29, 0.717) is 12.1 Å². The molecular formula is C11H23NO. The van der Waals surface area contributed by atoms with Crippen molar-refractivity contribution >= 4 is 0 Å². The summed E-state index contributed by atoms with van der Waals surface area (Å²) >= 11 is 0. The molecule has 1 saturated heterocycles. The molecular weight excluding hydrogens is 162 g/mol. The van der Waals surface area contributed by atoms with E-state index in [1.54, 1.807) is 0 Å². The average Bonchev–Trinajstić information content (AvgIpc) is 2.29. The molecule has 0 aromatic rings. The Morgan fingerprint density at radius 3 is 2.15 bits per heavy atom. The first-order chi connectivity index (χ1) is 5.82. The van der Waals surface area contributed by atoms with Crippen LogP contribution in [0.25, 0.3) is 0 Å². The minimum absolute atomic E-state index is 0.217. The number of hydrogen-bond acceptors (Lipinski definition) is 2. The van der Waals surface area contributed by atoms with E-state index in [1.165, 1.54) is 0 Å². The Hall–Kier alpha value is -0.0800. The molecule has 0 aromatic heterocycles. The third kappa shape index (κ3) is 2.44. The number of hydrogen-bond donors (Lipinski definition) is 0. The minimum Gasteiger partial charge on any atom is -0.358 e. The molecule has 0 spiro atoms. The van der Waals surface area contributed by atoms with Crippen LogP contribution in [-0.4, -0.2) is 29.8 Å². The van der Waals surface area contributed by atoms with Crippen molar-refractivity contribution in [3.05, 3.63) is 0 Å². The van der Waals surface area contributed by atoms with Gasteiger partial charge in [0.2, 0.25) is 0 Å². The second-order valence-corrected chi connectivity index (χ2v) is 5.46. The van der Waals surface area contributed by atoms with Gasteiger partial charge in [-0.05, 0) is 20.8 Å². The first-order valence-corrected chi connectivity index (χ1v) is 5.23. The summed E-state index contributed by atoms with van der Waals surface area (Å²) in [5.41, 5.74) is 0.217. The Morgan fingerprint density at radius 1 is 1.31 bits per heavy atom. The molecule has 13 heavy (non-hydrogen) atoms. The molecule has 1 fully saturated rings. The lowest BCUT2D eigenvalue weighted by Crippen LogP contribution is -2.43. The highest BCUT2D eigenvalue weighted by Gasteiger charge is 2.39. The third-order valence-corrected chi connectivity index (χ3v) is 2.53. The van der Waals surface area contributed by atoms with E-state index in [0.717, 1.165) is 6.54 Å². The van der Waals surface area contributed by atoms with E-state index in [-0.39, 0.29) is 11.6 Å². The van der Waals surface area contributed by atoms with Crippen LogP contribution < -0.4 is 0 Å². The van der Waals surface area contributed by atoms with Crippen molar-refractivity contribution in [3.8, 4) is 0 Å². The summed E-state index contributed by atoms with van der Waals surface area (Å²) in [6.07, 6.45) is 0.661. The smallest absolute Gasteiger partial charge is 0.116 e. The molecule has 0 N–H and O–H groups in total. The van der Waals surface area contributed by atoms with Crippen molar-refractivity contribution in [2.24, 2.45) is 5.41 Å². The molecule has 78 valence electrons. The van der Waals surface area contributed by atoms with Gasteiger partial charge in [0.05, 0.1) is 6.10 Å². The monoisotopic (exact) mass is 185 g/mol. The van der Waals surface area contributed by atoms with Gasteiger partial charge in [0.25, 0.3) is 0 Å². The lowest BCUT2D eigenvalue weighted by molar-refractivity contribution is -0.0731. The number of nitrogens with zero attached hydrogens (tertiary/aromatic N) is 1. The van der Waals surface area contributed by atoms with Gasteiger partial charge >= 0.3 is 0 Å². The summed E-state index contributed by atoms with van der Waals surface area (Å²) in [6.45, 7) is 14.4. The quantitative estimate of drug-likeness (QED) is 0.622. The van der Waals surface area contributed by atoms with Crippen LogP contribution in [-0.2, 0) is 4.74 Å². The molecule has 1 unspecified atom stereocenters. The summed E-state index contributed by atoms with van der Waals surface area (Å²) in [7, 11) is 0. The molecule has 0 radical (unpaired) electrons. The van der Waals surface area contributed by atoms with Crippen molar-refractivity contribution in [1.29, 1.82) is 0 Å². The molecule has 1 heterocycles. The molecule has 2 heteroatoms. The van der Waals surface area contributed by atoms with Crippen LogP contribution in [0.4, 0.5) is 0 Å². The van der Waals surface area contributed by atoms with E-state index in [9.17, 15) is 0 Å². The largest absolute Gasteiger partial charge is 0.358 e. The van der Waals surface area contributed by atoms with E-state index in [4.69, 9.17) is 4.74 Å². The maximum absolute atomic E-state index is 5.93. The Bertz CT molecular complexity index is 171. The van der Waals surface area contributed by atoms with E-state index >= 15 is 0 Å². The molecule has 2 atom stereocenters. The maximum Gasteiger partial charge on any atom is 0.116 e. The van der Waals surface area contributed by atoms with Gasteiger partial charge in [-0.1, -0.05) is 20.8 Å². The first-order valence-electron chi connectivity index (χ1n) is 5.23. The molecule has 0 bridgehead atoms. The Morgan fingerprint density at radius 2 is 1.85 bits per heavy atom. The topological polar surface area (TPSA) is 12.5 Å². The molecule has 0 saturated carbocycles. The van der Waals surface area contributed by atoms with Gasteiger partial charge < -0.3 is 4.74 Å². The van der Waals surface area contributed by atoms with E-state index < -0.39 is 0 Å². The van der Waals surface area contributed by atoms with Crippen molar-refractivity contribution in [2.45, 2.75) is 59.9 Å². The molecule has 1 rings (SSSR count). The average molecular weight is 185 g/mol. The van der Waals surface area contributed by atoms with Crippen LogP contribution in [0, 0.1) is 5.41 Å². The Kier molecular flexibility index (Phi) is 3.03. The molecule has 2 nitrogen and oxygen atoms in total. The summed E-state index contributed by atoms with van der Waals surface area (Å²) in [5.74, 6) is 0. The lowest BCUT2D eigenvalue weighted by Gasteiger charge is -2.35. The van der Waals surface area contributed by atoms with E-state index in [2.05, 4.69) is 46.4 Å². The second-order valence-electron chi connectivity index (χ2n) is 5.46. The van der Waals surface area contributed by atoms with Crippen molar-refractivity contribution in [1.82, 2.24) is 4.90 Å². The highest BCUT2D eigenvalue weighted by molar-refractivity contribution is 4.85. The fourth-order valence-electron chi connectivity index (χ4n) is 1.92. The normalized spacial score (nSPS) is 31.6. The summed E-state index contributed by atoms with van der Waals surface area (Å²) in [6, 6.07) is 0.578. The van der Waals surface area contributed by atoms with Crippen LogP contribution >= 0.6 is 0 Å². The highest BCUT2D eigenvalue weighted by atomic mass is 16.5. The fraction of sp³-hybridized carbons (Fsp3) is 1.00. The van der Waals surface area contributed by atoms with E-state index in [1.807, 2.05) is 0 Å². The van der Waals surface area contributed by atoms with Gasteiger partial charge in [-0.15, -0.1) is 0 Å². The first kappa shape index (κ1) is 11.0. The van der Waals surface area contributed by atoms with Crippen LogP contribution in [0.15, 0.2) is 0 Å². The lowest BCUT2D eigenvalue weighted by atomic mass is 9.93. The van der Waals surface area contributed by atoms with Crippen molar-refractivity contribution in [3.63, 3.8) is 0 Å². The molecule has 0 aliphatic carbocycles. The standard InChI is InChI=1S/C11H23NO/c1-8(2)12-7-9(3)13-10(12)11(4,5)6/h8-10H,7H2,1-6H3/t9-,10?/m1/s1. The summed E-state index contributed by atoms with van der Waals surface area (Å²) in [4.78, 5) is 2.45. The minimum atomic E-state index is 0.217. The predicted octanol–water partition coefficient (Wildman–Crippen LogP) is 2.49. The summed E-state index contributed by atoms with van der Waals surface area (Å²) in [5, 5.41) is 0. The fourth-order valence-corrected chi connectivity index (χ4v) is 1.92. The van der Waals surface area contributed by atoms with Gasteiger partial charge in [-0.2, -0.15) is 0 Å². The third-order valence-electron chi connectivity index (χ3n) is 2.53. The highest BCUT2D eigenvalue weighted by Crippen LogP contribution is 2.32. The Labute approximate surface area is 82.3 Å². The zero-order valence-electron chi connectivity index (χ0n) is 9.79. The van der Waals surface area contributed by atoms with Gasteiger partial charge in [-0.3, -0.25) is 4.90 Å². The van der Waals surface area contributed by atoms with Gasteiger partial charge in [0, 0.05) is 18.0 Å². The van der Waals surface area contributed by atoms with Crippen LogP contribution in [0.5, 0.6) is 0 Å². The zero-order chi connectivity index (χ0) is 10.2. The van der Waals surface area contributed by atoms with Crippen LogP contribution in [0.2, 0.25) is 0 Å². The van der Waals surface area contributed by atoms with Gasteiger partial charge in [0.15, 0.2) is 0 Å². The van der Waals surface area contributed by atoms with Crippen molar-refractivity contribution in [2.75, 3.05) is 6.54 Å². The molecule has 0 amide bonds. The zero-order valence-corrected chi connectivity index (χ0v) is 9.79. The number of ether oxygens (including phenoxy) is 1. The van der Waals surface area contributed by atoms with Gasteiger partial charge in [0.1, 0.15) is 6.23 Å². The van der Waals surface area contributed by atoms with Gasteiger partial charge in [-0.25, -0.2) is 0 Å². The van der Waals surface area contributed by atoms with Crippen molar-refractivity contribution < 1.29 is 4.74 Å². The number of rotatable bonds is 1. The second kappa shape index (κ2) is 3.58. The molecule has 0 aromatic carbocycles. The molecule has 1 aliphatic heterocycles. The molecule has 1 aliphatic rings. The maximum atomic E-state index is 5.93. The SMILES string of the molecule is CC(C)N1C[C@@H](C)OC1C(C)(C)C. The van der Waals surface area contributed by atoms with Crippen LogP contribution in [0.3, 0.4) is 0 Å². The van der Waals surface area contributed by atoms with Crippen LogP contribution in [0.1, 0.15) is 41.5 Å². The Balaban J connectivity index is 2.72. The predicted molar refractivity (Wildman–Crippen MR) is 55.6 cm³/mol.